The van der Waals surface area contributed by atoms with Crippen molar-refractivity contribution in [2.45, 2.75) is 75.9 Å². The fourth-order valence-corrected chi connectivity index (χ4v) is 6.87. The molecule has 5 nitrogen and oxygen atoms in total. The number of sulfone groups is 1. The molecule has 0 amide bonds. The Hall–Kier alpha value is -2.96. The van der Waals surface area contributed by atoms with Crippen molar-refractivity contribution in [2.24, 2.45) is 0 Å². The average Bonchev–Trinajstić information content (AvgIpc) is 2.96. The lowest BCUT2D eigenvalue weighted by atomic mass is 9.92. The molecule has 3 aromatic rings. The van der Waals surface area contributed by atoms with Crippen molar-refractivity contribution in [3.63, 3.8) is 0 Å². The lowest BCUT2D eigenvalue weighted by Gasteiger charge is -2.35. The van der Waals surface area contributed by atoms with E-state index in [9.17, 15) is 13.2 Å². The van der Waals surface area contributed by atoms with E-state index in [-0.39, 0.29) is 43.2 Å². The Kier molecular flexibility index (Phi) is 11.3. The summed E-state index contributed by atoms with van der Waals surface area (Å²) in [5, 5.41) is 0. The van der Waals surface area contributed by atoms with Gasteiger partial charge in [-0.05, 0) is 73.6 Å². The van der Waals surface area contributed by atoms with Gasteiger partial charge in [-0.1, -0.05) is 81.3 Å². The van der Waals surface area contributed by atoms with Crippen molar-refractivity contribution in [3.8, 4) is 16.9 Å². The second-order valence-corrected chi connectivity index (χ2v) is 12.3. The third-order valence-electron chi connectivity index (χ3n) is 6.97. The van der Waals surface area contributed by atoms with Gasteiger partial charge in [0.2, 0.25) is 0 Å². The molecular weight excluding hydrogens is 508 g/mol. The number of aryl methyl sites for hydroxylation is 2. The molecule has 1 fully saturated rings. The predicted molar refractivity (Wildman–Crippen MR) is 158 cm³/mol. The third kappa shape index (κ3) is 7.58. The molecule has 0 N–H and O–H groups in total. The third-order valence-corrected chi connectivity index (χ3v) is 9.53. The van der Waals surface area contributed by atoms with E-state index in [2.05, 4.69) is 69.3 Å². The molecular formula is C33H42O5S. The zero-order chi connectivity index (χ0) is 28.3. The summed E-state index contributed by atoms with van der Waals surface area (Å²) in [4.78, 5) is 12.9. The van der Waals surface area contributed by atoms with E-state index in [0.29, 0.717) is 12.4 Å². The smallest absolute Gasteiger partial charge is 0.191 e. The molecule has 0 atom stereocenters. The number of Topliss-reactive ketones (excluding diaryl/α,β-unsaturated/α-hetero) is 1. The summed E-state index contributed by atoms with van der Waals surface area (Å²) in [6, 6.07) is 23.5. The van der Waals surface area contributed by atoms with Crippen LogP contribution in [0.4, 0.5) is 0 Å². The summed E-state index contributed by atoms with van der Waals surface area (Å²) in [5.74, 6) is 0.378. The monoisotopic (exact) mass is 550 g/mol. The van der Waals surface area contributed by atoms with E-state index in [4.69, 9.17) is 9.47 Å². The largest absolute Gasteiger partial charge is 0.494 e. The van der Waals surface area contributed by atoms with Gasteiger partial charge in [-0.25, -0.2) is 8.42 Å². The maximum atomic E-state index is 13.5. The van der Waals surface area contributed by atoms with Gasteiger partial charge in [0.25, 0.3) is 0 Å². The van der Waals surface area contributed by atoms with Crippen molar-refractivity contribution in [3.05, 3.63) is 83.9 Å². The van der Waals surface area contributed by atoms with Gasteiger partial charge < -0.3 is 9.47 Å². The second kappa shape index (κ2) is 14.4. The molecule has 0 saturated carbocycles. The minimum Gasteiger partial charge on any atom is -0.494 e. The van der Waals surface area contributed by atoms with Crippen molar-refractivity contribution < 1.29 is 22.7 Å². The highest BCUT2D eigenvalue weighted by Crippen LogP contribution is 2.37. The van der Waals surface area contributed by atoms with Gasteiger partial charge >= 0.3 is 0 Å². The van der Waals surface area contributed by atoms with Crippen LogP contribution in [-0.4, -0.2) is 38.8 Å². The van der Waals surface area contributed by atoms with Crippen LogP contribution in [0.1, 0.15) is 64.0 Å². The van der Waals surface area contributed by atoms with Gasteiger partial charge in [0.15, 0.2) is 15.6 Å². The van der Waals surface area contributed by atoms with Gasteiger partial charge in [0.1, 0.15) is 10.5 Å². The van der Waals surface area contributed by atoms with Crippen LogP contribution < -0.4 is 4.74 Å². The molecule has 1 aliphatic heterocycles. The zero-order valence-corrected chi connectivity index (χ0v) is 24.6. The Morgan fingerprint density at radius 3 is 2.15 bits per heavy atom. The Balaban J connectivity index is 0.00000134. The van der Waals surface area contributed by atoms with E-state index >= 15 is 0 Å². The summed E-state index contributed by atoms with van der Waals surface area (Å²) in [7, 11) is -3.83. The average molecular weight is 551 g/mol. The van der Waals surface area contributed by atoms with Crippen molar-refractivity contribution in [1.82, 2.24) is 0 Å². The summed E-state index contributed by atoms with van der Waals surface area (Å²) in [5.41, 5.74) is 4.90. The molecule has 0 spiro atoms. The molecule has 6 heteroatoms. The molecule has 39 heavy (non-hydrogen) atoms. The van der Waals surface area contributed by atoms with Gasteiger partial charge in [-0.2, -0.15) is 0 Å². The SMILES string of the molecule is CCC.CCC(=O)C1(S(=O)(=O)c2ccc(OCCCc3cccc(-c4ccc(C)cc4)c3)cc2)CCOCC1. The first-order chi connectivity index (χ1) is 18.8. The molecule has 0 bridgehead atoms. The highest BCUT2D eigenvalue weighted by atomic mass is 32.2. The molecule has 0 aliphatic carbocycles. The molecule has 4 rings (SSSR count). The number of rotatable bonds is 10. The zero-order valence-electron chi connectivity index (χ0n) is 23.7. The first kappa shape index (κ1) is 30.6. The van der Waals surface area contributed by atoms with Gasteiger partial charge in [-0.15, -0.1) is 0 Å². The topological polar surface area (TPSA) is 69.7 Å². The molecule has 1 saturated heterocycles. The number of hydrogen-bond acceptors (Lipinski definition) is 5. The minimum absolute atomic E-state index is 0.159. The Morgan fingerprint density at radius 1 is 0.897 bits per heavy atom. The molecule has 1 aliphatic rings. The lowest BCUT2D eigenvalue weighted by Crippen LogP contribution is -2.50. The van der Waals surface area contributed by atoms with Crippen molar-refractivity contribution in [1.29, 1.82) is 0 Å². The molecule has 0 radical (unpaired) electrons. The fraction of sp³-hybridized carbons (Fsp3) is 0.424. The lowest BCUT2D eigenvalue weighted by molar-refractivity contribution is -0.123. The van der Waals surface area contributed by atoms with Crippen molar-refractivity contribution >= 4 is 15.6 Å². The van der Waals surface area contributed by atoms with Crippen LogP contribution in [0, 0.1) is 6.92 Å². The quantitative estimate of drug-likeness (QED) is 0.246. The number of carbonyl (C=O) groups excluding carboxylic acids is 1. The highest BCUT2D eigenvalue weighted by Gasteiger charge is 2.50. The summed E-state index contributed by atoms with van der Waals surface area (Å²) in [6.45, 7) is 9.13. The molecule has 210 valence electrons. The molecule has 0 aromatic heterocycles. The highest BCUT2D eigenvalue weighted by molar-refractivity contribution is 7.93. The number of ketones is 1. The Labute approximate surface area is 234 Å². The normalized spacial score (nSPS) is 14.7. The van der Waals surface area contributed by atoms with E-state index in [0.717, 1.165) is 12.8 Å². The predicted octanol–water partition coefficient (Wildman–Crippen LogP) is 7.39. The van der Waals surface area contributed by atoms with Crippen LogP contribution in [0.25, 0.3) is 11.1 Å². The van der Waals surface area contributed by atoms with E-state index in [1.807, 2.05) is 0 Å². The van der Waals surface area contributed by atoms with Crippen LogP contribution in [-0.2, 0) is 25.8 Å². The number of benzene rings is 3. The molecule has 0 unspecified atom stereocenters. The van der Waals surface area contributed by atoms with E-state index < -0.39 is 14.6 Å². The first-order valence-corrected chi connectivity index (χ1v) is 15.5. The van der Waals surface area contributed by atoms with Crippen molar-refractivity contribution in [2.75, 3.05) is 19.8 Å². The van der Waals surface area contributed by atoms with Crippen LogP contribution in [0.15, 0.2) is 77.7 Å². The Bertz CT molecular complexity index is 1290. The maximum absolute atomic E-state index is 13.5. The van der Waals surface area contributed by atoms with Gasteiger partial charge in [0.05, 0.1) is 11.5 Å². The van der Waals surface area contributed by atoms with Crippen LogP contribution >= 0.6 is 0 Å². The second-order valence-electron chi connectivity index (χ2n) is 10.1. The Morgan fingerprint density at radius 2 is 1.54 bits per heavy atom. The summed E-state index contributed by atoms with van der Waals surface area (Å²) >= 11 is 0. The van der Waals surface area contributed by atoms with Crippen LogP contribution in [0.5, 0.6) is 5.75 Å². The number of hydrogen-bond donors (Lipinski definition) is 0. The standard InChI is InChI=1S/C30H34O5S.C3H8/c1-3-29(31)30(17-20-34-21-18-30)36(32,33)28-15-13-27(14-16-28)35-19-5-7-24-6-4-8-26(22-24)25-11-9-23(2)10-12-25;1-3-2/h4,6,8-16,22H,3,5,7,17-21H2,1-2H3;3H2,1-2H3. The van der Waals surface area contributed by atoms with E-state index in [1.54, 1.807) is 31.2 Å². The van der Waals surface area contributed by atoms with Gasteiger partial charge in [-0.3, -0.25) is 4.79 Å². The minimum atomic E-state index is -3.83. The number of ether oxygens (including phenoxy) is 2. The summed E-state index contributed by atoms with van der Waals surface area (Å²) in [6.07, 6.45) is 3.56. The first-order valence-electron chi connectivity index (χ1n) is 14.0. The van der Waals surface area contributed by atoms with Gasteiger partial charge in [0, 0.05) is 19.6 Å². The van der Waals surface area contributed by atoms with Crippen LogP contribution in [0.2, 0.25) is 0 Å². The summed E-state index contributed by atoms with van der Waals surface area (Å²) < 4.78 is 36.8. The maximum Gasteiger partial charge on any atom is 0.191 e. The molecule has 1 heterocycles. The fourth-order valence-electron chi connectivity index (χ4n) is 4.78. The molecule has 3 aromatic carbocycles. The van der Waals surface area contributed by atoms with E-state index in [1.165, 1.54) is 28.7 Å². The van der Waals surface area contributed by atoms with Crippen LogP contribution in [0.3, 0.4) is 0 Å². The number of carbonyl (C=O) groups is 1.